The van der Waals surface area contributed by atoms with Crippen molar-refractivity contribution in [2.24, 2.45) is 0 Å². The smallest absolute Gasteiger partial charge is 0.267 e. The summed E-state index contributed by atoms with van der Waals surface area (Å²) in [5.74, 6) is -1.55. The summed E-state index contributed by atoms with van der Waals surface area (Å²) >= 11 is 0. The summed E-state index contributed by atoms with van der Waals surface area (Å²) in [5.41, 5.74) is 0. The monoisotopic (exact) mass is 754 g/mol. The maximum atomic E-state index is 12.6. The Morgan fingerprint density at radius 3 is 1.31 bits per heavy atom. The summed E-state index contributed by atoms with van der Waals surface area (Å²) in [7, 11) is -4.45. The van der Waals surface area contributed by atoms with Crippen LogP contribution in [0.15, 0.2) is 36.5 Å². The van der Waals surface area contributed by atoms with E-state index in [2.05, 4.69) is 43.5 Å². The number of amides is 1. The van der Waals surface area contributed by atoms with Crippen molar-refractivity contribution in [2.75, 3.05) is 5.75 Å². The molecule has 0 aromatic rings. The maximum absolute atomic E-state index is 12.6. The van der Waals surface area contributed by atoms with Gasteiger partial charge in [-0.25, -0.2) is 0 Å². The first-order valence-corrected chi connectivity index (χ1v) is 23.4. The molecule has 1 amide bonds. The van der Waals surface area contributed by atoms with Gasteiger partial charge < -0.3 is 15.5 Å². The standard InChI is InChI=1S/C44H83NO6S/c1-3-5-7-9-11-13-15-17-19-20-21-22-23-24-25-27-28-30-32-34-36-38-42(46)41(40-52(49,50)51)45-44(48)43(47)39-37-35-33-31-29-26-18-16-14-12-10-8-6-4-2/h12,14,16,18,36,38,41-43,46-47H,3-11,13,15,17,19-35,37,39-40H2,1-2H3,(H,45,48)(H,49,50,51)/b14-12-,18-16-,38-36+. The Balaban J connectivity index is 4.00. The molecular formula is C44H83NO6S. The lowest BCUT2D eigenvalue weighted by Crippen LogP contribution is -2.50. The molecule has 0 aliphatic rings. The van der Waals surface area contributed by atoms with Crippen LogP contribution in [0.25, 0.3) is 0 Å². The highest BCUT2D eigenvalue weighted by Crippen LogP contribution is 2.15. The summed E-state index contributed by atoms with van der Waals surface area (Å²) in [4.78, 5) is 12.6. The minimum atomic E-state index is -4.45. The average Bonchev–Trinajstić information content (AvgIpc) is 3.11. The number of rotatable bonds is 39. The molecular weight excluding hydrogens is 671 g/mol. The van der Waals surface area contributed by atoms with Crippen molar-refractivity contribution in [3.63, 3.8) is 0 Å². The lowest BCUT2D eigenvalue weighted by atomic mass is 10.0. The molecule has 0 aromatic heterocycles. The number of hydrogen-bond donors (Lipinski definition) is 4. The van der Waals surface area contributed by atoms with E-state index >= 15 is 0 Å². The van der Waals surface area contributed by atoms with Crippen LogP contribution in [0.5, 0.6) is 0 Å². The Hall–Kier alpha value is -1.48. The van der Waals surface area contributed by atoms with Crippen LogP contribution in [0.4, 0.5) is 0 Å². The molecule has 0 radical (unpaired) electrons. The van der Waals surface area contributed by atoms with E-state index in [-0.39, 0.29) is 6.42 Å². The molecule has 7 nitrogen and oxygen atoms in total. The highest BCUT2D eigenvalue weighted by atomic mass is 32.2. The van der Waals surface area contributed by atoms with E-state index in [1.54, 1.807) is 6.08 Å². The second-order valence-electron chi connectivity index (χ2n) is 15.1. The summed E-state index contributed by atoms with van der Waals surface area (Å²) in [6.45, 7) is 4.48. The van der Waals surface area contributed by atoms with E-state index in [9.17, 15) is 28.0 Å². The summed E-state index contributed by atoms with van der Waals surface area (Å²) in [6, 6.07) is -1.24. The van der Waals surface area contributed by atoms with E-state index in [1.807, 2.05) is 0 Å². The van der Waals surface area contributed by atoms with Crippen LogP contribution in [0, 0.1) is 0 Å². The topological polar surface area (TPSA) is 124 Å². The minimum absolute atomic E-state index is 0.262. The van der Waals surface area contributed by atoms with Crippen LogP contribution in [-0.2, 0) is 14.9 Å². The quantitative estimate of drug-likeness (QED) is 0.0214. The lowest BCUT2D eigenvalue weighted by molar-refractivity contribution is -0.130. The largest absolute Gasteiger partial charge is 0.387 e. The first kappa shape index (κ1) is 50.5. The van der Waals surface area contributed by atoms with Gasteiger partial charge in [-0.2, -0.15) is 8.42 Å². The molecule has 8 heteroatoms. The fourth-order valence-corrected chi connectivity index (χ4v) is 7.30. The lowest BCUT2D eigenvalue weighted by Gasteiger charge is -2.22. The first-order valence-electron chi connectivity index (χ1n) is 21.8. The second kappa shape index (κ2) is 37.8. The van der Waals surface area contributed by atoms with Gasteiger partial charge in [-0.3, -0.25) is 9.35 Å². The van der Waals surface area contributed by atoms with Gasteiger partial charge in [-0.1, -0.05) is 204 Å². The molecule has 52 heavy (non-hydrogen) atoms. The molecule has 0 saturated carbocycles. The number of carbonyl (C=O) groups is 1. The molecule has 0 aromatic carbocycles. The Labute approximate surface area is 321 Å². The van der Waals surface area contributed by atoms with Crippen molar-refractivity contribution in [3.8, 4) is 0 Å². The van der Waals surface area contributed by atoms with Gasteiger partial charge in [0, 0.05) is 0 Å². The van der Waals surface area contributed by atoms with E-state index in [4.69, 9.17) is 0 Å². The first-order chi connectivity index (χ1) is 25.2. The predicted octanol–water partition coefficient (Wildman–Crippen LogP) is 11.9. The van der Waals surface area contributed by atoms with Gasteiger partial charge in [0.2, 0.25) is 5.91 Å². The molecule has 0 saturated heterocycles. The number of nitrogens with one attached hydrogen (secondary N) is 1. The van der Waals surface area contributed by atoms with Crippen molar-refractivity contribution >= 4 is 16.0 Å². The number of hydrogen-bond acceptors (Lipinski definition) is 5. The Kier molecular flexibility index (Phi) is 36.7. The van der Waals surface area contributed by atoms with Crippen LogP contribution in [-0.4, -0.2) is 53.1 Å². The second-order valence-corrected chi connectivity index (χ2v) is 16.6. The highest BCUT2D eigenvalue weighted by Gasteiger charge is 2.27. The van der Waals surface area contributed by atoms with Crippen LogP contribution < -0.4 is 5.32 Å². The SMILES string of the molecule is CCCCC/C=C\C=C/CCCCCCCC(O)C(=O)NC(CS(=O)(=O)O)C(O)/C=C/CCCCCCCCCCCCCCCCCCCCC. The number of aliphatic hydroxyl groups excluding tert-OH is 2. The van der Waals surface area contributed by atoms with Crippen molar-refractivity contribution in [2.45, 2.75) is 231 Å². The van der Waals surface area contributed by atoms with Gasteiger partial charge >= 0.3 is 0 Å². The average molecular weight is 754 g/mol. The third-order valence-electron chi connectivity index (χ3n) is 9.95. The minimum Gasteiger partial charge on any atom is -0.387 e. The Morgan fingerprint density at radius 1 is 0.538 bits per heavy atom. The number of unbranched alkanes of at least 4 members (excludes halogenated alkanes) is 27. The van der Waals surface area contributed by atoms with Crippen molar-refractivity contribution in [3.05, 3.63) is 36.5 Å². The zero-order chi connectivity index (χ0) is 38.4. The van der Waals surface area contributed by atoms with E-state index in [1.165, 1.54) is 134 Å². The van der Waals surface area contributed by atoms with Gasteiger partial charge in [0.15, 0.2) is 0 Å². The molecule has 0 spiro atoms. The third-order valence-corrected chi connectivity index (χ3v) is 10.7. The molecule has 306 valence electrons. The molecule has 0 aliphatic heterocycles. The number of aliphatic hydroxyl groups is 2. The number of allylic oxidation sites excluding steroid dienone is 5. The molecule has 3 unspecified atom stereocenters. The molecule has 4 N–H and O–H groups in total. The van der Waals surface area contributed by atoms with Crippen molar-refractivity contribution in [1.82, 2.24) is 5.32 Å². The van der Waals surface area contributed by atoms with Crippen molar-refractivity contribution in [1.29, 1.82) is 0 Å². The predicted molar refractivity (Wildman–Crippen MR) is 222 cm³/mol. The van der Waals surface area contributed by atoms with Gasteiger partial charge in [-0.05, 0) is 44.9 Å². The zero-order valence-corrected chi connectivity index (χ0v) is 34.6. The summed E-state index contributed by atoms with van der Waals surface area (Å²) in [6.07, 6.45) is 46.3. The third kappa shape index (κ3) is 36.9. The Bertz CT molecular complexity index is 979. The normalized spacial score (nSPS) is 14.2. The van der Waals surface area contributed by atoms with Crippen molar-refractivity contribution < 1.29 is 28.0 Å². The number of carbonyl (C=O) groups excluding carboxylic acids is 1. The summed E-state index contributed by atoms with van der Waals surface area (Å²) in [5, 5.41) is 23.4. The fraction of sp³-hybridized carbons (Fsp3) is 0.841. The van der Waals surface area contributed by atoms with Gasteiger partial charge in [0.1, 0.15) is 6.10 Å². The highest BCUT2D eigenvalue weighted by molar-refractivity contribution is 7.85. The molecule has 0 aliphatic carbocycles. The zero-order valence-electron chi connectivity index (χ0n) is 33.8. The molecule has 0 heterocycles. The van der Waals surface area contributed by atoms with Crippen LogP contribution in [0.3, 0.4) is 0 Å². The maximum Gasteiger partial charge on any atom is 0.267 e. The van der Waals surface area contributed by atoms with Crippen LogP contribution >= 0.6 is 0 Å². The fourth-order valence-electron chi connectivity index (χ4n) is 6.56. The van der Waals surface area contributed by atoms with Gasteiger partial charge in [-0.15, -0.1) is 0 Å². The van der Waals surface area contributed by atoms with Gasteiger partial charge in [0.05, 0.1) is 17.9 Å². The molecule has 0 fully saturated rings. The molecule has 0 rings (SSSR count). The van der Waals surface area contributed by atoms with E-state index in [0.717, 1.165) is 57.8 Å². The van der Waals surface area contributed by atoms with Crippen LogP contribution in [0.1, 0.15) is 213 Å². The summed E-state index contributed by atoms with van der Waals surface area (Å²) < 4.78 is 32.6. The Morgan fingerprint density at radius 2 is 0.885 bits per heavy atom. The van der Waals surface area contributed by atoms with Gasteiger partial charge in [0.25, 0.3) is 10.1 Å². The van der Waals surface area contributed by atoms with E-state index < -0.39 is 40.0 Å². The molecule has 0 bridgehead atoms. The molecule has 3 atom stereocenters. The van der Waals surface area contributed by atoms with Crippen LogP contribution in [0.2, 0.25) is 0 Å². The van der Waals surface area contributed by atoms with E-state index in [0.29, 0.717) is 6.42 Å².